The molecule has 0 saturated carbocycles. The van der Waals surface area contributed by atoms with E-state index in [0.717, 1.165) is 48.6 Å². The largest absolute Gasteiger partial charge is 0.444 e. The van der Waals surface area contributed by atoms with Crippen molar-refractivity contribution in [1.29, 1.82) is 0 Å². The third-order valence-electron chi connectivity index (χ3n) is 4.30. The van der Waals surface area contributed by atoms with Crippen LogP contribution in [0.25, 0.3) is 11.0 Å². The maximum absolute atomic E-state index is 11.9. The molecule has 7 nitrogen and oxygen atoms in total. The number of nitrogens with zero attached hydrogens (tertiary/aromatic N) is 3. The first-order chi connectivity index (χ1) is 12.4. The van der Waals surface area contributed by atoms with Gasteiger partial charge < -0.3 is 20.3 Å². The molecule has 2 heterocycles. The summed E-state index contributed by atoms with van der Waals surface area (Å²) < 4.78 is 5.34. The minimum absolute atomic E-state index is 0.118. The zero-order valence-corrected chi connectivity index (χ0v) is 15.9. The van der Waals surface area contributed by atoms with Crippen LogP contribution in [-0.4, -0.2) is 47.8 Å². The lowest BCUT2D eigenvalue weighted by Gasteiger charge is -2.34. The summed E-state index contributed by atoms with van der Waals surface area (Å²) in [6, 6.07) is 7.99. The van der Waals surface area contributed by atoms with Gasteiger partial charge in [0, 0.05) is 26.2 Å². The second kappa shape index (κ2) is 7.35. The summed E-state index contributed by atoms with van der Waals surface area (Å²) in [4.78, 5) is 23.6. The zero-order valence-electron chi connectivity index (χ0n) is 15.9. The van der Waals surface area contributed by atoms with Gasteiger partial charge in [-0.15, -0.1) is 0 Å². The number of carbonyl (C=O) groups is 1. The van der Waals surface area contributed by atoms with Crippen LogP contribution >= 0.6 is 0 Å². The lowest BCUT2D eigenvalue weighted by atomic mass is 10.1. The minimum Gasteiger partial charge on any atom is -0.444 e. The number of nitrogens with one attached hydrogen (secondary N) is 2. The van der Waals surface area contributed by atoms with E-state index in [2.05, 4.69) is 20.5 Å². The fraction of sp³-hybridized carbons (Fsp3) is 0.526. The number of aromatic nitrogens is 2. The van der Waals surface area contributed by atoms with Crippen molar-refractivity contribution >= 4 is 28.8 Å². The Morgan fingerprint density at radius 1 is 1.15 bits per heavy atom. The third kappa shape index (κ3) is 4.33. The summed E-state index contributed by atoms with van der Waals surface area (Å²) in [5.41, 5.74) is 1.28. The van der Waals surface area contributed by atoms with Crippen molar-refractivity contribution in [3.63, 3.8) is 0 Å². The number of benzene rings is 1. The van der Waals surface area contributed by atoms with E-state index < -0.39 is 5.60 Å². The topological polar surface area (TPSA) is 79.4 Å². The first kappa shape index (κ1) is 18.2. The van der Waals surface area contributed by atoms with Crippen LogP contribution in [0.2, 0.25) is 0 Å². The van der Waals surface area contributed by atoms with Crippen molar-refractivity contribution in [3.8, 4) is 0 Å². The first-order valence-corrected chi connectivity index (χ1v) is 9.05. The molecule has 140 valence electrons. The van der Waals surface area contributed by atoms with Crippen molar-refractivity contribution in [1.82, 2.24) is 15.3 Å². The van der Waals surface area contributed by atoms with Crippen LogP contribution in [0.3, 0.4) is 0 Å². The van der Waals surface area contributed by atoms with E-state index in [1.54, 1.807) is 0 Å². The minimum atomic E-state index is -0.479. The number of ether oxygens (including phenoxy) is 1. The van der Waals surface area contributed by atoms with Crippen LogP contribution in [0.5, 0.6) is 0 Å². The highest BCUT2D eigenvalue weighted by Gasteiger charge is 2.25. The number of anilines is 2. The Balaban J connectivity index is 1.66. The fourth-order valence-corrected chi connectivity index (χ4v) is 3.09. The van der Waals surface area contributed by atoms with Gasteiger partial charge in [-0.2, -0.15) is 0 Å². The van der Waals surface area contributed by atoms with Gasteiger partial charge in [0.05, 0.1) is 11.0 Å². The summed E-state index contributed by atoms with van der Waals surface area (Å²) in [5, 5.41) is 6.12. The second-order valence-corrected chi connectivity index (χ2v) is 7.54. The molecule has 0 aliphatic carbocycles. The normalized spacial score (nSPS) is 15.8. The maximum Gasteiger partial charge on any atom is 0.407 e. The molecule has 2 aromatic rings. The van der Waals surface area contributed by atoms with Gasteiger partial charge >= 0.3 is 6.09 Å². The average Bonchev–Trinajstić information content (AvgIpc) is 2.59. The lowest BCUT2D eigenvalue weighted by molar-refractivity contribution is 0.0497. The highest BCUT2D eigenvalue weighted by Crippen LogP contribution is 2.27. The SMILES string of the molecule is CNc1nc2ccccc2nc1N1CCC(NC(=O)OC(C)(C)C)CC1. The lowest BCUT2D eigenvalue weighted by Crippen LogP contribution is -2.46. The number of hydrogen-bond acceptors (Lipinski definition) is 6. The Morgan fingerprint density at radius 2 is 1.77 bits per heavy atom. The van der Waals surface area contributed by atoms with Gasteiger partial charge in [-0.3, -0.25) is 0 Å². The average molecular weight is 357 g/mol. The second-order valence-electron chi connectivity index (χ2n) is 7.54. The molecular formula is C19H27N5O2. The van der Waals surface area contributed by atoms with Crippen LogP contribution in [-0.2, 0) is 4.74 Å². The highest BCUT2D eigenvalue weighted by molar-refractivity contribution is 5.80. The predicted molar refractivity (Wildman–Crippen MR) is 104 cm³/mol. The van der Waals surface area contributed by atoms with Crippen LogP contribution < -0.4 is 15.5 Å². The number of fused-ring (bicyclic) bond motifs is 1. The fourth-order valence-electron chi connectivity index (χ4n) is 3.09. The molecule has 1 aliphatic rings. The molecule has 1 fully saturated rings. The summed E-state index contributed by atoms with van der Waals surface area (Å²) in [6.07, 6.45) is 1.34. The van der Waals surface area contributed by atoms with Gasteiger partial charge in [-0.05, 0) is 45.7 Å². The molecule has 0 spiro atoms. The molecule has 1 amide bonds. The number of para-hydroxylation sites is 2. The summed E-state index contributed by atoms with van der Waals surface area (Å²) in [7, 11) is 1.86. The maximum atomic E-state index is 11.9. The van der Waals surface area contributed by atoms with Gasteiger partial charge in [-0.1, -0.05) is 12.1 Å². The molecule has 2 N–H and O–H groups in total. The van der Waals surface area contributed by atoms with E-state index in [1.165, 1.54) is 0 Å². The number of carbonyl (C=O) groups excluding carboxylic acids is 1. The standard InChI is InChI=1S/C19H27N5O2/c1-19(2,3)26-18(25)21-13-9-11-24(12-10-13)17-16(20-4)22-14-7-5-6-8-15(14)23-17/h5-8,13H,9-12H2,1-4H3,(H,20,22)(H,21,25). The van der Waals surface area contributed by atoms with Crippen molar-refractivity contribution in [2.24, 2.45) is 0 Å². The van der Waals surface area contributed by atoms with Crippen molar-refractivity contribution in [2.45, 2.75) is 45.3 Å². The number of piperidine rings is 1. The van der Waals surface area contributed by atoms with Crippen molar-refractivity contribution < 1.29 is 9.53 Å². The Labute approximate surface area is 154 Å². The van der Waals surface area contributed by atoms with Gasteiger partial charge in [0.25, 0.3) is 0 Å². The van der Waals surface area contributed by atoms with E-state index >= 15 is 0 Å². The van der Waals surface area contributed by atoms with Crippen LogP contribution in [0.1, 0.15) is 33.6 Å². The van der Waals surface area contributed by atoms with Crippen LogP contribution in [0, 0.1) is 0 Å². The van der Waals surface area contributed by atoms with Crippen molar-refractivity contribution in [2.75, 3.05) is 30.4 Å². The smallest absolute Gasteiger partial charge is 0.407 e. The molecule has 1 aliphatic heterocycles. The van der Waals surface area contributed by atoms with E-state index in [-0.39, 0.29) is 12.1 Å². The van der Waals surface area contributed by atoms with Gasteiger partial charge in [0.1, 0.15) is 5.60 Å². The monoisotopic (exact) mass is 357 g/mol. The molecule has 1 aromatic heterocycles. The first-order valence-electron chi connectivity index (χ1n) is 9.05. The van der Waals surface area contributed by atoms with Gasteiger partial charge in [0.2, 0.25) is 0 Å². The number of amides is 1. The summed E-state index contributed by atoms with van der Waals surface area (Å²) in [6.45, 7) is 7.22. The molecule has 0 atom stereocenters. The van der Waals surface area contributed by atoms with E-state index in [4.69, 9.17) is 9.72 Å². The van der Waals surface area contributed by atoms with Gasteiger partial charge in [-0.25, -0.2) is 14.8 Å². The molecule has 0 bridgehead atoms. The molecule has 0 unspecified atom stereocenters. The molecular weight excluding hydrogens is 330 g/mol. The number of hydrogen-bond donors (Lipinski definition) is 2. The molecule has 0 radical (unpaired) electrons. The molecule has 7 heteroatoms. The van der Waals surface area contributed by atoms with E-state index in [1.807, 2.05) is 52.1 Å². The molecule has 26 heavy (non-hydrogen) atoms. The Kier molecular flexibility index (Phi) is 5.15. The van der Waals surface area contributed by atoms with Crippen molar-refractivity contribution in [3.05, 3.63) is 24.3 Å². The number of rotatable bonds is 3. The Morgan fingerprint density at radius 3 is 2.35 bits per heavy atom. The van der Waals surface area contributed by atoms with E-state index in [9.17, 15) is 4.79 Å². The molecule has 1 aromatic carbocycles. The predicted octanol–water partition coefficient (Wildman–Crippen LogP) is 3.17. The summed E-state index contributed by atoms with van der Waals surface area (Å²) in [5.74, 6) is 1.64. The summed E-state index contributed by atoms with van der Waals surface area (Å²) >= 11 is 0. The molecule has 1 saturated heterocycles. The van der Waals surface area contributed by atoms with Crippen LogP contribution in [0.15, 0.2) is 24.3 Å². The Hall–Kier alpha value is -2.57. The van der Waals surface area contributed by atoms with Gasteiger partial charge in [0.15, 0.2) is 11.6 Å². The highest BCUT2D eigenvalue weighted by atomic mass is 16.6. The quantitative estimate of drug-likeness (QED) is 0.878. The molecule has 3 rings (SSSR count). The third-order valence-corrected chi connectivity index (χ3v) is 4.30. The number of alkyl carbamates (subject to hydrolysis) is 1. The van der Waals surface area contributed by atoms with Crippen LogP contribution in [0.4, 0.5) is 16.4 Å². The van der Waals surface area contributed by atoms with E-state index in [0.29, 0.717) is 0 Å². The Bertz CT molecular complexity index is 779. The zero-order chi connectivity index (χ0) is 18.7.